The molecule has 0 aliphatic rings. The van der Waals surface area contributed by atoms with Crippen molar-refractivity contribution in [3.05, 3.63) is 47.3 Å². The zero-order valence-corrected chi connectivity index (χ0v) is 11.5. The number of nitrogens with two attached hydrogens (primary N) is 1. The van der Waals surface area contributed by atoms with Gasteiger partial charge in [-0.15, -0.1) is 0 Å². The van der Waals surface area contributed by atoms with Crippen molar-refractivity contribution in [2.75, 3.05) is 12.3 Å². The Balaban J connectivity index is 2.22. The van der Waals surface area contributed by atoms with Crippen LogP contribution in [-0.2, 0) is 7.05 Å². The van der Waals surface area contributed by atoms with Crippen LogP contribution in [0.15, 0.2) is 30.3 Å². The number of anilines is 1. The Kier molecular flexibility index (Phi) is 4.05. The monoisotopic (exact) mass is 274 g/mol. The fourth-order valence-corrected chi connectivity index (χ4v) is 2.09. The Labute approximate surface area is 117 Å². The number of nitrogen functional groups attached to an aromatic ring is 1. The summed E-state index contributed by atoms with van der Waals surface area (Å²) in [5.74, 6) is -0.353. The third kappa shape index (κ3) is 2.65. The molecule has 6 heteroatoms. The Morgan fingerprint density at radius 2 is 2.10 bits per heavy atom. The molecular formula is C14H18N4O2. The van der Waals surface area contributed by atoms with Gasteiger partial charge in [-0.25, -0.2) is 0 Å². The van der Waals surface area contributed by atoms with Crippen molar-refractivity contribution in [1.82, 2.24) is 15.1 Å². The first-order valence-electron chi connectivity index (χ1n) is 6.30. The van der Waals surface area contributed by atoms with Crippen molar-refractivity contribution in [3.63, 3.8) is 0 Å². The SMILES string of the molecule is Cc1nn(C)c(C(=O)NC(CO)c2ccccc2)c1N. The van der Waals surface area contributed by atoms with Gasteiger partial charge in [0.1, 0.15) is 5.69 Å². The number of hydrogen-bond donors (Lipinski definition) is 3. The van der Waals surface area contributed by atoms with Crippen molar-refractivity contribution < 1.29 is 9.90 Å². The standard InChI is InChI=1S/C14H18N4O2/c1-9-12(15)13(18(2)17-9)14(20)16-11(8-19)10-6-4-3-5-7-10/h3-7,11,19H,8,15H2,1-2H3,(H,16,20). The molecule has 1 amide bonds. The summed E-state index contributed by atoms with van der Waals surface area (Å²) < 4.78 is 1.44. The van der Waals surface area contributed by atoms with Gasteiger partial charge in [-0.1, -0.05) is 30.3 Å². The average Bonchev–Trinajstić information content (AvgIpc) is 2.70. The first kappa shape index (κ1) is 14.1. The molecule has 1 unspecified atom stereocenters. The molecule has 0 bridgehead atoms. The molecule has 1 aromatic heterocycles. The third-order valence-electron chi connectivity index (χ3n) is 3.17. The van der Waals surface area contributed by atoms with E-state index in [1.165, 1.54) is 4.68 Å². The number of aliphatic hydroxyl groups excluding tert-OH is 1. The van der Waals surface area contributed by atoms with Crippen LogP contribution < -0.4 is 11.1 Å². The molecule has 0 fully saturated rings. The van der Waals surface area contributed by atoms with Gasteiger partial charge in [0.15, 0.2) is 0 Å². The Bertz CT molecular complexity index is 607. The van der Waals surface area contributed by atoms with Gasteiger partial charge in [0, 0.05) is 7.05 Å². The van der Waals surface area contributed by atoms with E-state index in [4.69, 9.17) is 5.73 Å². The lowest BCUT2D eigenvalue weighted by molar-refractivity contribution is 0.0907. The summed E-state index contributed by atoms with van der Waals surface area (Å²) in [4.78, 5) is 12.3. The van der Waals surface area contributed by atoms with Gasteiger partial charge in [-0.05, 0) is 12.5 Å². The van der Waals surface area contributed by atoms with Crippen LogP contribution in [0.2, 0.25) is 0 Å². The van der Waals surface area contributed by atoms with Crippen LogP contribution in [0.3, 0.4) is 0 Å². The number of rotatable bonds is 4. The summed E-state index contributed by atoms with van der Waals surface area (Å²) in [7, 11) is 1.66. The maximum atomic E-state index is 12.3. The highest BCUT2D eigenvalue weighted by Crippen LogP contribution is 2.17. The Morgan fingerprint density at radius 1 is 1.45 bits per heavy atom. The molecule has 0 radical (unpaired) electrons. The predicted molar refractivity (Wildman–Crippen MR) is 76.1 cm³/mol. The second-order valence-corrected chi connectivity index (χ2v) is 4.59. The lowest BCUT2D eigenvalue weighted by Crippen LogP contribution is -2.32. The van der Waals surface area contributed by atoms with Crippen LogP contribution in [0.4, 0.5) is 5.69 Å². The van der Waals surface area contributed by atoms with Gasteiger partial charge in [-0.2, -0.15) is 5.10 Å². The molecule has 106 valence electrons. The highest BCUT2D eigenvalue weighted by atomic mass is 16.3. The highest BCUT2D eigenvalue weighted by Gasteiger charge is 2.21. The largest absolute Gasteiger partial charge is 0.395 e. The van der Waals surface area contributed by atoms with E-state index in [-0.39, 0.29) is 12.5 Å². The minimum absolute atomic E-state index is 0.188. The molecule has 1 heterocycles. The zero-order chi connectivity index (χ0) is 14.7. The zero-order valence-electron chi connectivity index (χ0n) is 11.5. The smallest absolute Gasteiger partial charge is 0.272 e. The number of aliphatic hydroxyl groups is 1. The predicted octanol–water partition coefficient (Wildman–Crippen LogP) is 0.774. The number of aromatic nitrogens is 2. The molecular weight excluding hydrogens is 256 g/mol. The van der Waals surface area contributed by atoms with Gasteiger partial charge in [0.25, 0.3) is 5.91 Å². The molecule has 4 N–H and O–H groups in total. The number of nitrogens with zero attached hydrogens (tertiary/aromatic N) is 2. The summed E-state index contributed by atoms with van der Waals surface area (Å²) in [5, 5.41) is 16.3. The van der Waals surface area contributed by atoms with Crippen molar-refractivity contribution in [3.8, 4) is 0 Å². The summed E-state index contributed by atoms with van der Waals surface area (Å²) in [6, 6.07) is 8.80. The second kappa shape index (κ2) is 5.75. The number of carbonyl (C=O) groups is 1. The molecule has 0 saturated heterocycles. The maximum absolute atomic E-state index is 12.3. The fourth-order valence-electron chi connectivity index (χ4n) is 2.09. The second-order valence-electron chi connectivity index (χ2n) is 4.59. The Morgan fingerprint density at radius 3 is 2.60 bits per heavy atom. The molecule has 0 aliphatic carbocycles. The third-order valence-corrected chi connectivity index (χ3v) is 3.17. The average molecular weight is 274 g/mol. The molecule has 0 saturated carbocycles. The maximum Gasteiger partial charge on any atom is 0.272 e. The molecule has 0 aliphatic heterocycles. The summed E-state index contributed by atoms with van der Waals surface area (Å²) >= 11 is 0. The molecule has 0 spiro atoms. The van der Waals surface area contributed by atoms with Crippen LogP contribution >= 0.6 is 0 Å². The van der Waals surface area contributed by atoms with Crippen molar-refractivity contribution in [2.45, 2.75) is 13.0 Å². The van der Waals surface area contributed by atoms with Crippen LogP contribution in [0.5, 0.6) is 0 Å². The minimum atomic E-state index is -0.474. The summed E-state index contributed by atoms with van der Waals surface area (Å²) in [6.07, 6.45) is 0. The van der Waals surface area contributed by atoms with Crippen LogP contribution in [-0.4, -0.2) is 27.4 Å². The van der Waals surface area contributed by atoms with Crippen molar-refractivity contribution >= 4 is 11.6 Å². The number of nitrogens with one attached hydrogen (secondary N) is 1. The van der Waals surface area contributed by atoms with Crippen molar-refractivity contribution in [1.29, 1.82) is 0 Å². The van der Waals surface area contributed by atoms with E-state index >= 15 is 0 Å². The topological polar surface area (TPSA) is 93.2 Å². The number of amides is 1. The summed E-state index contributed by atoms with van der Waals surface area (Å²) in [5.41, 5.74) is 7.96. The molecule has 2 aromatic rings. The van der Waals surface area contributed by atoms with Crippen LogP contribution in [0, 0.1) is 6.92 Å². The Hall–Kier alpha value is -2.34. The molecule has 2 rings (SSSR count). The van der Waals surface area contributed by atoms with E-state index in [9.17, 15) is 9.90 Å². The van der Waals surface area contributed by atoms with E-state index < -0.39 is 6.04 Å². The first-order valence-corrected chi connectivity index (χ1v) is 6.30. The number of carbonyl (C=O) groups excluding carboxylic acids is 1. The lowest BCUT2D eigenvalue weighted by atomic mass is 10.1. The quantitative estimate of drug-likeness (QED) is 0.768. The van der Waals surface area contributed by atoms with Crippen molar-refractivity contribution in [2.24, 2.45) is 7.05 Å². The number of benzene rings is 1. The number of aryl methyl sites for hydroxylation is 2. The van der Waals surface area contributed by atoms with Gasteiger partial charge < -0.3 is 16.2 Å². The first-order chi connectivity index (χ1) is 9.54. The molecule has 6 nitrogen and oxygen atoms in total. The summed E-state index contributed by atoms with van der Waals surface area (Å²) in [6.45, 7) is 1.55. The van der Waals surface area contributed by atoms with E-state index in [1.807, 2.05) is 30.3 Å². The number of hydrogen-bond acceptors (Lipinski definition) is 4. The highest BCUT2D eigenvalue weighted by molar-refractivity contribution is 5.98. The normalized spacial score (nSPS) is 12.2. The lowest BCUT2D eigenvalue weighted by Gasteiger charge is -2.17. The van der Waals surface area contributed by atoms with Gasteiger partial charge in [-0.3, -0.25) is 9.48 Å². The van der Waals surface area contributed by atoms with Gasteiger partial charge in [0.05, 0.1) is 24.0 Å². The van der Waals surface area contributed by atoms with E-state index in [1.54, 1.807) is 14.0 Å². The molecule has 1 atom stereocenters. The molecule has 20 heavy (non-hydrogen) atoms. The molecule has 1 aromatic carbocycles. The minimum Gasteiger partial charge on any atom is -0.395 e. The van der Waals surface area contributed by atoms with E-state index in [0.717, 1.165) is 5.56 Å². The van der Waals surface area contributed by atoms with Gasteiger partial charge in [0.2, 0.25) is 0 Å². The fraction of sp³-hybridized carbons (Fsp3) is 0.286. The van der Waals surface area contributed by atoms with E-state index in [0.29, 0.717) is 17.1 Å². The van der Waals surface area contributed by atoms with Crippen LogP contribution in [0.25, 0.3) is 0 Å². The van der Waals surface area contributed by atoms with E-state index in [2.05, 4.69) is 10.4 Å². The van der Waals surface area contributed by atoms with Crippen LogP contribution in [0.1, 0.15) is 27.8 Å². The van der Waals surface area contributed by atoms with Gasteiger partial charge >= 0.3 is 0 Å².